The number of ether oxygens (including phenoxy) is 1. The average molecular weight is 325 g/mol. The Kier molecular flexibility index (Phi) is 5.78. The molecule has 0 unspecified atom stereocenters. The predicted molar refractivity (Wildman–Crippen MR) is 80.6 cm³/mol. The number of halogens is 3. The lowest BCUT2D eigenvalue weighted by Gasteiger charge is -2.16. The molecule has 1 amide bonds. The van der Waals surface area contributed by atoms with Gasteiger partial charge in [0.25, 0.3) is 9.70 Å². The Bertz CT molecular complexity index is 446. The minimum atomic E-state index is -1.97. The summed E-state index contributed by atoms with van der Waals surface area (Å²) in [6, 6.07) is 3.57. The molecule has 19 heavy (non-hydrogen) atoms. The lowest BCUT2D eigenvalue weighted by atomic mass is 10.1. The maximum absolute atomic E-state index is 11.6. The zero-order valence-electron chi connectivity index (χ0n) is 11.0. The van der Waals surface area contributed by atoms with Gasteiger partial charge in [-0.15, -0.1) is 0 Å². The molecule has 1 aromatic rings. The molecule has 0 heterocycles. The molecule has 0 aromatic heterocycles. The summed E-state index contributed by atoms with van der Waals surface area (Å²) in [6.45, 7) is 6.51. The molecule has 1 N–H and O–H groups in total. The fourth-order valence-corrected chi connectivity index (χ4v) is 1.80. The van der Waals surface area contributed by atoms with E-state index in [0.29, 0.717) is 12.3 Å². The molecule has 0 atom stereocenters. The SMILES string of the molecule is CCCOc1c(C)cc(NC(=O)C(Cl)(Cl)Cl)cc1C. The van der Waals surface area contributed by atoms with Gasteiger partial charge in [0.05, 0.1) is 6.61 Å². The molecule has 0 saturated carbocycles. The predicted octanol–water partition coefficient (Wildman–Crippen LogP) is 4.40. The molecule has 0 aliphatic rings. The first kappa shape index (κ1) is 16.4. The van der Waals surface area contributed by atoms with Crippen molar-refractivity contribution in [3.63, 3.8) is 0 Å². The van der Waals surface area contributed by atoms with Crippen molar-refractivity contribution < 1.29 is 9.53 Å². The van der Waals surface area contributed by atoms with Crippen LogP contribution in [0.5, 0.6) is 5.75 Å². The van der Waals surface area contributed by atoms with E-state index in [1.165, 1.54) is 0 Å². The Balaban J connectivity index is 2.92. The third-order valence-corrected chi connectivity index (χ3v) is 2.94. The monoisotopic (exact) mass is 323 g/mol. The molecule has 106 valence electrons. The summed E-state index contributed by atoms with van der Waals surface area (Å²) in [7, 11) is 0. The molecule has 1 aromatic carbocycles. The van der Waals surface area contributed by atoms with Crippen LogP contribution in [0.25, 0.3) is 0 Å². The number of rotatable bonds is 4. The maximum atomic E-state index is 11.6. The van der Waals surface area contributed by atoms with Gasteiger partial charge in [-0.2, -0.15) is 0 Å². The highest BCUT2D eigenvalue weighted by Gasteiger charge is 2.30. The number of alkyl halides is 3. The van der Waals surface area contributed by atoms with Crippen LogP contribution in [-0.4, -0.2) is 16.3 Å². The number of benzene rings is 1. The lowest BCUT2D eigenvalue weighted by Crippen LogP contribution is -2.27. The van der Waals surface area contributed by atoms with Crippen LogP contribution in [0.3, 0.4) is 0 Å². The third kappa shape index (κ3) is 4.75. The summed E-state index contributed by atoms with van der Waals surface area (Å²) >= 11 is 16.5. The van der Waals surface area contributed by atoms with Crippen LogP contribution in [-0.2, 0) is 4.79 Å². The highest BCUT2D eigenvalue weighted by Crippen LogP contribution is 2.30. The molecule has 0 spiro atoms. The van der Waals surface area contributed by atoms with Gasteiger partial charge in [0.2, 0.25) is 0 Å². The third-order valence-electron chi connectivity index (χ3n) is 2.43. The summed E-state index contributed by atoms with van der Waals surface area (Å²) in [6.07, 6.45) is 0.935. The number of aryl methyl sites for hydroxylation is 2. The zero-order chi connectivity index (χ0) is 14.6. The number of anilines is 1. The van der Waals surface area contributed by atoms with Gasteiger partial charge in [-0.05, 0) is 43.5 Å². The second kappa shape index (κ2) is 6.69. The Labute approximate surface area is 128 Å². The molecule has 0 radical (unpaired) electrons. The van der Waals surface area contributed by atoms with Crippen LogP contribution in [0.4, 0.5) is 5.69 Å². The van der Waals surface area contributed by atoms with E-state index in [1.54, 1.807) is 12.1 Å². The van der Waals surface area contributed by atoms with Gasteiger partial charge >= 0.3 is 0 Å². The lowest BCUT2D eigenvalue weighted by molar-refractivity contribution is -0.115. The van der Waals surface area contributed by atoms with Crippen molar-refractivity contribution in [2.24, 2.45) is 0 Å². The first-order valence-corrected chi connectivity index (χ1v) is 7.01. The van der Waals surface area contributed by atoms with E-state index in [2.05, 4.69) is 5.32 Å². The van der Waals surface area contributed by atoms with Crippen LogP contribution < -0.4 is 10.1 Å². The van der Waals surface area contributed by atoms with Crippen molar-refractivity contribution in [3.05, 3.63) is 23.3 Å². The standard InChI is InChI=1S/C13H16Cl3NO2/c1-4-5-19-11-8(2)6-10(7-9(11)3)17-12(18)13(14,15)16/h6-7H,4-5H2,1-3H3,(H,17,18). The normalized spacial score (nSPS) is 11.3. The number of hydrogen-bond donors (Lipinski definition) is 1. The van der Waals surface area contributed by atoms with Crippen LogP contribution in [0.15, 0.2) is 12.1 Å². The Morgan fingerprint density at radius 2 is 1.79 bits per heavy atom. The van der Waals surface area contributed by atoms with Gasteiger partial charge in [0, 0.05) is 5.69 Å². The summed E-state index contributed by atoms with van der Waals surface area (Å²) in [5.74, 6) is 0.146. The number of nitrogens with one attached hydrogen (secondary N) is 1. The maximum Gasteiger partial charge on any atom is 0.276 e. The molecular formula is C13H16Cl3NO2. The fraction of sp³-hybridized carbons (Fsp3) is 0.462. The van der Waals surface area contributed by atoms with E-state index in [0.717, 1.165) is 23.3 Å². The van der Waals surface area contributed by atoms with Gasteiger partial charge in [0.15, 0.2) is 0 Å². The van der Waals surface area contributed by atoms with Gasteiger partial charge in [-0.1, -0.05) is 41.7 Å². The van der Waals surface area contributed by atoms with Gasteiger partial charge in [-0.3, -0.25) is 4.79 Å². The molecule has 3 nitrogen and oxygen atoms in total. The van der Waals surface area contributed by atoms with Crippen molar-refractivity contribution in [1.82, 2.24) is 0 Å². The first-order valence-electron chi connectivity index (χ1n) is 5.88. The number of amides is 1. The Hall–Kier alpha value is -0.640. The van der Waals surface area contributed by atoms with E-state index in [9.17, 15) is 4.79 Å². The van der Waals surface area contributed by atoms with Gasteiger partial charge < -0.3 is 10.1 Å². The molecule has 0 aliphatic heterocycles. The van der Waals surface area contributed by atoms with Crippen LogP contribution >= 0.6 is 34.8 Å². The number of carbonyl (C=O) groups is 1. The van der Waals surface area contributed by atoms with Crippen LogP contribution in [0, 0.1) is 13.8 Å². The smallest absolute Gasteiger partial charge is 0.276 e. The summed E-state index contributed by atoms with van der Waals surface area (Å²) in [5.41, 5.74) is 2.43. The van der Waals surface area contributed by atoms with Crippen molar-refractivity contribution >= 4 is 46.4 Å². The molecule has 0 aliphatic carbocycles. The molecular weight excluding hydrogens is 309 g/mol. The van der Waals surface area contributed by atoms with Crippen LogP contribution in [0.1, 0.15) is 24.5 Å². The van der Waals surface area contributed by atoms with Crippen molar-refractivity contribution in [3.8, 4) is 5.75 Å². The van der Waals surface area contributed by atoms with E-state index < -0.39 is 9.70 Å². The highest BCUT2D eigenvalue weighted by molar-refractivity contribution is 6.76. The zero-order valence-corrected chi connectivity index (χ0v) is 13.3. The minimum Gasteiger partial charge on any atom is -0.493 e. The van der Waals surface area contributed by atoms with E-state index in [4.69, 9.17) is 39.5 Å². The summed E-state index contributed by atoms with van der Waals surface area (Å²) in [4.78, 5) is 11.6. The quantitative estimate of drug-likeness (QED) is 0.834. The molecule has 6 heteroatoms. The number of hydrogen-bond acceptors (Lipinski definition) is 2. The Morgan fingerprint density at radius 3 is 2.21 bits per heavy atom. The second-order valence-electron chi connectivity index (χ2n) is 4.24. The minimum absolute atomic E-state index is 0.579. The van der Waals surface area contributed by atoms with Gasteiger partial charge in [0.1, 0.15) is 5.75 Å². The molecule has 0 fully saturated rings. The Morgan fingerprint density at radius 1 is 1.26 bits per heavy atom. The average Bonchev–Trinajstić information content (AvgIpc) is 2.26. The van der Waals surface area contributed by atoms with Crippen LogP contribution in [0.2, 0.25) is 0 Å². The largest absolute Gasteiger partial charge is 0.493 e. The first-order chi connectivity index (χ1) is 8.75. The highest BCUT2D eigenvalue weighted by atomic mass is 35.6. The molecule has 0 saturated heterocycles. The van der Waals surface area contributed by atoms with E-state index >= 15 is 0 Å². The molecule has 0 bridgehead atoms. The van der Waals surface area contributed by atoms with Crippen molar-refractivity contribution in [2.75, 3.05) is 11.9 Å². The molecule has 1 rings (SSSR count). The van der Waals surface area contributed by atoms with E-state index in [1.807, 2.05) is 20.8 Å². The van der Waals surface area contributed by atoms with Crippen molar-refractivity contribution in [2.45, 2.75) is 31.0 Å². The van der Waals surface area contributed by atoms with E-state index in [-0.39, 0.29) is 0 Å². The topological polar surface area (TPSA) is 38.3 Å². The second-order valence-corrected chi connectivity index (χ2v) is 6.52. The fourth-order valence-electron chi connectivity index (χ4n) is 1.66. The number of carbonyl (C=O) groups excluding carboxylic acids is 1. The van der Waals surface area contributed by atoms with Crippen molar-refractivity contribution in [1.29, 1.82) is 0 Å². The summed E-state index contributed by atoms with van der Waals surface area (Å²) < 4.78 is 3.68. The van der Waals surface area contributed by atoms with Gasteiger partial charge in [-0.25, -0.2) is 0 Å². The summed E-state index contributed by atoms with van der Waals surface area (Å²) in [5, 5.41) is 2.56.